The van der Waals surface area contributed by atoms with Crippen LogP contribution in [0.15, 0.2) is 54.7 Å². The molecule has 4 aromatic rings. The molecule has 0 radical (unpaired) electrons. The van der Waals surface area contributed by atoms with Crippen molar-refractivity contribution in [3.05, 3.63) is 65.2 Å². The van der Waals surface area contributed by atoms with Crippen molar-refractivity contribution in [2.75, 3.05) is 34.2 Å². The highest BCUT2D eigenvalue weighted by Gasteiger charge is 2.29. The zero-order valence-corrected chi connectivity index (χ0v) is 20.2. The number of fused-ring (bicyclic) bond motifs is 2. The van der Waals surface area contributed by atoms with Crippen molar-refractivity contribution in [1.82, 2.24) is 20.1 Å². The number of nitrogens with zero attached hydrogens (tertiary/aromatic N) is 3. The third-order valence-corrected chi connectivity index (χ3v) is 7.45. The Kier molecular flexibility index (Phi) is 5.93. The molecule has 2 aromatic heterocycles. The first kappa shape index (κ1) is 22.3. The first-order valence-corrected chi connectivity index (χ1v) is 12.0. The van der Waals surface area contributed by atoms with Crippen molar-refractivity contribution >= 4 is 44.1 Å². The number of thiophene rings is 1. The molecule has 1 fully saturated rings. The lowest BCUT2D eigenvalue weighted by molar-refractivity contribution is 0.0787. The van der Waals surface area contributed by atoms with Crippen LogP contribution in [0.2, 0.25) is 0 Å². The van der Waals surface area contributed by atoms with Crippen molar-refractivity contribution in [3.8, 4) is 11.5 Å². The van der Waals surface area contributed by atoms with Crippen LogP contribution in [0.25, 0.3) is 21.0 Å². The van der Waals surface area contributed by atoms with Gasteiger partial charge in [0.05, 0.1) is 15.1 Å². The summed E-state index contributed by atoms with van der Waals surface area (Å²) >= 11 is 1.42. The fraction of sp³-hybridized carbons (Fsp3) is 0.269. The predicted molar refractivity (Wildman–Crippen MR) is 135 cm³/mol. The average molecular weight is 475 g/mol. The molecular weight excluding hydrogens is 448 g/mol. The van der Waals surface area contributed by atoms with Gasteiger partial charge in [0.25, 0.3) is 11.8 Å². The molecule has 0 unspecified atom stereocenters. The third-order valence-electron chi connectivity index (χ3n) is 6.32. The van der Waals surface area contributed by atoms with Crippen molar-refractivity contribution in [2.24, 2.45) is 0 Å². The summed E-state index contributed by atoms with van der Waals surface area (Å²) in [4.78, 5) is 34.5. The Morgan fingerprint density at radius 1 is 1.18 bits per heavy atom. The smallest absolute Gasteiger partial charge is 0.264 e. The summed E-state index contributed by atoms with van der Waals surface area (Å²) in [6.45, 7) is 1.51. The summed E-state index contributed by atoms with van der Waals surface area (Å²) in [6.07, 6.45) is 2.68. The Morgan fingerprint density at radius 2 is 2.03 bits per heavy atom. The number of likely N-dealkylation sites (N-methyl/N-ethyl adjacent to an activating group) is 1. The number of nitrogens with one attached hydrogen (secondary N) is 1. The quantitative estimate of drug-likeness (QED) is 0.465. The monoisotopic (exact) mass is 474 g/mol. The number of likely N-dealkylation sites (tertiary alicyclic amines) is 1. The minimum absolute atomic E-state index is 0.0470. The number of amides is 2. The summed E-state index contributed by atoms with van der Waals surface area (Å²) in [5.74, 6) is 1.23. The lowest BCUT2D eigenvalue weighted by atomic mass is 10.0. The normalized spacial score (nSPS) is 15.9. The van der Waals surface area contributed by atoms with E-state index in [0.29, 0.717) is 28.0 Å². The van der Waals surface area contributed by atoms with Crippen molar-refractivity contribution in [3.63, 3.8) is 0 Å². The molecule has 0 spiro atoms. The fourth-order valence-corrected chi connectivity index (χ4v) is 5.42. The molecule has 0 saturated carbocycles. The molecular formula is C26H26N4O3S. The first-order chi connectivity index (χ1) is 16.4. The molecule has 174 valence electrons. The van der Waals surface area contributed by atoms with E-state index in [1.165, 1.54) is 11.3 Å². The molecule has 8 heteroatoms. The second-order valence-corrected chi connectivity index (χ2v) is 9.71. The number of aromatic nitrogens is 1. The van der Waals surface area contributed by atoms with Gasteiger partial charge in [-0.1, -0.05) is 12.1 Å². The molecule has 1 aliphatic heterocycles. The standard InChI is InChI=1S/C26H26N4O3S/c1-27-25(31)20-6-4-5-16-13-18(7-8-19(16)20)33-22-9-11-28-21-14-23(34-24(21)22)26(32)30-12-10-17(15-30)29(2)3/h4-9,11,13-14,17H,10,12,15H2,1-3H3,(H,27,31)/t17-/m1/s1. The van der Waals surface area contributed by atoms with Crippen LogP contribution >= 0.6 is 11.3 Å². The highest BCUT2D eigenvalue weighted by Crippen LogP contribution is 2.36. The Labute approximate surface area is 201 Å². The van der Waals surface area contributed by atoms with Gasteiger partial charge in [0.2, 0.25) is 0 Å². The zero-order chi connectivity index (χ0) is 23.8. The number of rotatable bonds is 5. The topological polar surface area (TPSA) is 74.8 Å². The summed E-state index contributed by atoms with van der Waals surface area (Å²) in [6, 6.07) is 15.3. The van der Waals surface area contributed by atoms with Gasteiger partial charge in [0.1, 0.15) is 11.5 Å². The molecule has 2 amide bonds. The summed E-state index contributed by atoms with van der Waals surface area (Å²) in [5, 5.41) is 4.45. The molecule has 1 aliphatic rings. The lowest BCUT2D eigenvalue weighted by Gasteiger charge is -2.19. The van der Waals surface area contributed by atoms with E-state index in [-0.39, 0.29) is 11.8 Å². The molecule has 3 heterocycles. The number of carbonyl (C=O) groups excluding carboxylic acids is 2. The van der Waals surface area contributed by atoms with E-state index in [1.807, 2.05) is 47.4 Å². The van der Waals surface area contributed by atoms with Crippen LogP contribution < -0.4 is 10.1 Å². The molecule has 1 N–H and O–H groups in total. The summed E-state index contributed by atoms with van der Waals surface area (Å²) in [7, 11) is 5.73. The van der Waals surface area contributed by atoms with Crippen molar-refractivity contribution in [1.29, 1.82) is 0 Å². The second kappa shape index (κ2) is 9.04. The lowest BCUT2D eigenvalue weighted by Crippen LogP contribution is -2.34. The number of carbonyl (C=O) groups is 2. The molecule has 2 aromatic carbocycles. The van der Waals surface area contributed by atoms with Gasteiger partial charge in [-0.25, -0.2) is 0 Å². The molecule has 7 nitrogen and oxygen atoms in total. The number of pyridine rings is 1. The summed E-state index contributed by atoms with van der Waals surface area (Å²) < 4.78 is 7.07. The van der Waals surface area contributed by atoms with Crippen LogP contribution in [0.4, 0.5) is 0 Å². The second-order valence-electron chi connectivity index (χ2n) is 8.66. The first-order valence-electron chi connectivity index (χ1n) is 11.2. The van der Waals surface area contributed by atoms with Gasteiger partial charge in [-0.3, -0.25) is 14.6 Å². The van der Waals surface area contributed by atoms with E-state index in [0.717, 1.165) is 40.5 Å². The largest absolute Gasteiger partial charge is 0.456 e. The van der Waals surface area contributed by atoms with Crippen LogP contribution in [0.3, 0.4) is 0 Å². The van der Waals surface area contributed by atoms with Crippen LogP contribution in [-0.2, 0) is 0 Å². The molecule has 1 saturated heterocycles. The minimum atomic E-state index is -0.124. The molecule has 0 aliphatic carbocycles. The van der Waals surface area contributed by atoms with E-state index in [9.17, 15) is 9.59 Å². The average Bonchev–Trinajstić information content (AvgIpc) is 3.51. The Balaban J connectivity index is 1.43. The Hall–Kier alpha value is -3.49. The van der Waals surface area contributed by atoms with Gasteiger partial charge >= 0.3 is 0 Å². The van der Waals surface area contributed by atoms with Crippen LogP contribution in [0, 0.1) is 0 Å². The molecule has 0 bridgehead atoms. The highest BCUT2D eigenvalue weighted by molar-refractivity contribution is 7.21. The van der Waals surface area contributed by atoms with E-state index in [1.54, 1.807) is 19.3 Å². The number of ether oxygens (including phenoxy) is 1. The van der Waals surface area contributed by atoms with Gasteiger partial charge in [0, 0.05) is 44.0 Å². The molecule has 34 heavy (non-hydrogen) atoms. The van der Waals surface area contributed by atoms with Gasteiger partial charge in [-0.05, 0) is 61.6 Å². The third kappa shape index (κ3) is 4.10. The van der Waals surface area contributed by atoms with Gasteiger partial charge < -0.3 is 19.9 Å². The van der Waals surface area contributed by atoms with E-state index in [4.69, 9.17) is 4.74 Å². The van der Waals surface area contributed by atoms with Crippen molar-refractivity contribution in [2.45, 2.75) is 12.5 Å². The van der Waals surface area contributed by atoms with Crippen LogP contribution in [0.5, 0.6) is 11.5 Å². The number of benzene rings is 2. The summed E-state index contributed by atoms with van der Waals surface area (Å²) in [5.41, 5.74) is 1.37. The molecule has 1 atom stereocenters. The Bertz CT molecular complexity index is 1400. The number of hydrogen-bond acceptors (Lipinski definition) is 6. The maximum absolute atomic E-state index is 13.1. The number of hydrogen-bond donors (Lipinski definition) is 1. The van der Waals surface area contributed by atoms with Gasteiger partial charge in [-0.2, -0.15) is 0 Å². The van der Waals surface area contributed by atoms with Gasteiger partial charge in [0.15, 0.2) is 0 Å². The van der Waals surface area contributed by atoms with Crippen LogP contribution in [-0.4, -0.2) is 66.9 Å². The van der Waals surface area contributed by atoms with E-state index in [2.05, 4.69) is 29.3 Å². The predicted octanol–water partition coefficient (Wildman–Crippen LogP) is 4.38. The SMILES string of the molecule is CNC(=O)c1cccc2cc(Oc3ccnc4cc(C(=O)N5CC[C@@H](N(C)C)C5)sc34)ccc12. The maximum Gasteiger partial charge on any atom is 0.264 e. The zero-order valence-electron chi connectivity index (χ0n) is 19.4. The minimum Gasteiger partial charge on any atom is -0.456 e. The highest BCUT2D eigenvalue weighted by atomic mass is 32.1. The van der Waals surface area contributed by atoms with Crippen LogP contribution in [0.1, 0.15) is 26.5 Å². The maximum atomic E-state index is 13.1. The van der Waals surface area contributed by atoms with E-state index < -0.39 is 0 Å². The van der Waals surface area contributed by atoms with E-state index >= 15 is 0 Å². The van der Waals surface area contributed by atoms with Crippen molar-refractivity contribution < 1.29 is 14.3 Å². The molecule has 5 rings (SSSR count). The Morgan fingerprint density at radius 3 is 2.79 bits per heavy atom. The van der Waals surface area contributed by atoms with Gasteiger partial charge in [-0.15, -0.1) is 11.3 Å². The fourth-order valence-electron chi connectivity index (χ4n) is 4.39.